The second-order valence-electron chi connectivity index (χ2n) is 8.07. The summed E-state index contributed by atoms with van der Waals surface area (Å²) >= 11 is 0. The Hall–Kier alpha value is -3.92. The van der Waals surface area contributed by atoms with Crippen molar-refractivity contribution in [3.8, 4) is 45.3 Å². The van der Waals surface area contributed by atoms with Gasteiger partial charge in [-0.05, 0) is 23.3 Å². The van der Waals surface area contributed by atoms with E-state index in [1.54, 1.807) is 24.3 Å². The normalized spacial score (nSPS) is 11.4. The van der Waals surface area contributed by atoms with Crippen LogP contribution in [0, 0.1) is 0 Å². The molecule has 0 aromatic heterocycles. The predicted molar refractivity (Wildman–Crippen MR) is 123 cm³/mol. The molecule has 0 aliphatic carbocycles. The average molecular weight is 412 g/mol. The van der Waals surface area contributed by atoms with E-state index in [4.69, 9.17) is 0 Å². The molecule has 4 rings (SSSR count). The Morgan fingerprint density at radius 3 is 1.19 bits per heavy atom. The molecular formula is C27H24O4. The molecule has 4 N–H and O–H groups in total. The highest BCUT2D eigenvalue weighted by Gasteiger charge is 2.32. The summed E-state index contributed by atoms with van der Waals surface area (Å²) in [6.45, 7) is 3.77. The first-order valence-electron chi connectivity index (χ1n) is 10.0. The van der Waals surface area contributed by atoms with E-state index >= 15 is 0 Å². The van der Waals surface area contributed by atoms with E-state index in [-0.39, 0.29) is 23.0 Å². The fourth-order valence-electron chi connectivity index (χ4n) is 4.09. The molecule has 0 spiro atoms. The van der Waals surface area contributed by atoms with Crippen LogP contribution < -0.4 is 0 Å². The molecule has 4 heteroatoms. The van der Waals surface area contributed by atoms with Crippen molar-refractivity contribution in [1.82, 2.24) is 0 Å². The first kappa shape index (κ1) is 20.4. The number of hydrogen-bond acceptors (Lipinski definition) is 4. The molecule has 0 fully saturated rings. The highest BCUT2D eigenvalue weighted by Crippen LogP contribution is 2.50. The zero-order valence-electron chi connectivity index (χ0n) is 17.4. The van der Waals surface area contributed by atoms with Gasteiger partial charge in [-0.15, -0.1) is 0 Å². The van der Waals surface area contributed by atoms with Crippen LogP contribution in [0.2, 0.25) is 0 Å². The molecule has 0 radical (unpaired) electrons. The topological polar surface area (TPSA) is 80.9 Å². The SMILES string of the molecule is CC(C)(c1ccc(O)c(-c2ccccc2)c1O)c1ccc(O)c(-c2ccccc2)c1O. The zero-order valence-corrected chi connectivity index (χ0v) is 17.4. The minimum Gasteiger partial charge on any atom is -0.507 e. The number of hydrogen-bond donors (Lipinski definition) is 4. The van der Waals surface area contributed by atoms with Crippen molar-refractivity contribution in [1.29, 1.82) is 0 Å². The van der Waals surface area contributed by atoms with Crippen LogP contribution in [0.1, 0.15) is 25.0 Å². The van der Waals surface area contributed by atoms with Gasteiger partial charge in [0.15, 0.2) is 0 Å². The summed E-state index contributed by atoms with van der Waals surface area (Å²) in [4.78, 5) is 0. The fraction of sp³-hybridized carbons (Fsp3) is 0.111. The number of phenols is 4. The molecule has 4 aromatic carbocycles. The lowest BCUT2D eigenvalue weighted by atomic mass is 9.75. The first-order chi connectivity index (χ1) is 14.8. The minimum absolute atomic E-state index is 0.0249. The zero-order chi connectivity index (χ0) is 22.2. The predicted octanol–water partition coefficient (Wildman–Crippen LogP) is 6.17. The Kier molecular flexibility index (Phi) is 5.07. The molecule has 0 saturated heterocycles. The maximum Gasteiger partial charge on any atom is 0.131 e. The van der Waals surface area contributed by atoms with E-state index in [1.807, 2.05) is 74.5 Å². The van der Waals surface area contributed by atoms with Crippen LogP contribution in [0.5, 0.6) is 23.0 Å². The van der Waals surface area contributed by atoms with Gasteiger partial charge in [-0.2, -0.15) is 0 Å². The van der Waals surface area contributed by atoms with Crippen LogP contribution in [-0.2, 0) is 5.41 Å². The average Bonchev–Trinajstić information content (AvgIpc) is 2.75. The number of aromatic hydroxyl groups is 4. The third kappa shape index (κ3) is 3.46. The Morgan fingerprint density at radius 2 is 0.839 bits per heavy atom. The molecule has 4 nitrogen and oxygen atoms in total. The van der Waals surface area contributed by atoms with Gasteiger partial charge in [-0.1, -0.05) is 86.6 Å². The van der Waals surface area contributed by atoms with Crippen molar-refractivity contribution >= 4 is 0 Å². The van der Waals surface area contributed by atoms with Crippen molar-refractivity contribution in [2.75, 3.05) is 0 Å². The van der Waals surface area contributed by atoms with E-state index < -0.39 is 5.41 Å². The van der Waals surface area contributed by atoms with Crippen LogP contribution in [-0.4, -0.2) is 20.4 Å². The van der Waals surface area contributed by atoms with Gasteiger partial charge in [0.1, 0.15) is 23.0 Å². The Morgan fingerprint density at radius 1 is 0.484 bits per heavy atom. The van der Waals surface area contributed by atoms with Gasteiger partial charge in [0.25, 0.3) is 0 Å². The highest BCUT2D eigenvalue weighted by molar-refractivity contribution is 5.81. The molecule has 0 saturated carbocycles. The maximum atomic E-state index is 11.2. The molecular weight excluding hydrogens is 388 g/mol. The summed E-state index contributed by atoms with van der Waals surface area (Å²) in [6.07, 6.45) is 0. The van der Waals surface area contributed by atoms with Crippen LogP contribution in [0.4, 0.5) is 0 Å². The largest absolute Gasteiger partial charge is 0.507 e. The molecule has 0 amide bonds. The van der Waals surface area contributed by atoms with Gasteiger partial charge >= 0.3 is 0 Å². The fourth-order valence-corrected chi connectivity index (χ4v) is 4.09. The van der Waals surface area contributed by atoms with E-state index in [1.165, 1.54) is 0 Å². The summed E-state index contributed by atoms with van der Waals surface area (Å²) in [5.41, 5.74) is 2.32. The number of benzene rings is 4. The lowest BCUT2D eigenvalue weighted by Crippen LogP contribution is -2.19. The van der Waals surface area contributed by atoms with Crippen molar-refractivity contribution < 1.29 is 20.4 Å². The summed E-state index contributed by atoms with van der Waals surface area (Å²) in [6, 6.07) is 24.8. The van der Waals surface area contributed by atoms with Gasteiger partial charge < -0.3 is 20.4 Å². The van der Waals surface area contributed by atoms with Gasteiger partial charge in [0.05, 0.1) is 11.1 Å². The van der Waals surface area contributed by atoms with Crippen LogP contribution >= 0.6 is 0 Å². The van der Waals surface area contributed by atoms with Gasteiger partial charge in [-0.25, -0.2) is 0 Å². The third-order valence-corrected chi connectivity index (χ3v) is 5.78. The number of phenolic OH excluding ortho intramolecular Hbond substituents is 4. The smallest absolute Gasteiger partial charge is 0.131 e. The summed E-state index contributed by atoms with van der Waals surface area (Å²) in [7, 11) is 0. The first-order valence-corrected chi connectivity index (χ1v) is 10.0. The molecule has 0 atom stereocenters. The van der Waals surface area contributed by atoms with Crippen molar-refractivity contribution in [2.24, 2.45) is 0 Å². The molecule has 156 valence electrons. The Balaban J connectivity index is 1.91. The molecule has 0 unspecified atom stereocenters. The van der Waals surface area contributed by atoms with Crippen molar-refractivity contribution in [3.63, 3.8) is 0 Å². The van der Waals surface area contributed by atoms with E-state index in [2.05, 4.69) is 0 Å². The Bertz CT molecular complexity index is 1130. The molecule has 0 aliphatic rings. The van der Waals surface area contributed by atoms with Crippen molar-refractivity contribution in [3.05, 3.63) is 96.1 Å². The minimum atomic E-state index is -0.831. The van der Waals surface area contributed by atoms with E-state index in [9.17, 15) is 20.4 Å². The molecule has 0 aliphatic heterocycles. The van der Waals surface area contributed by atoms with Crippen LogP contribution in [0.25, 0.3) is 22.3 Å². The standard InChI is InChI=1S/C27H24O4/c1-27(2,19-13-15-21(28)23(25(19)30)17-9-5-3-6-10-17)20-14-16-22(29)24(26(20)31)18-11-7-4-8-12-18/h3-16,28-31H,1-2H3. The van der Waals surface area contributed by atoms with Gasteiger partial charge in [0, 0.05) is 16.5 Å². The molecule has 0 heterocycles. The second-order valence-corrected chi connectivity index (χ2v) is 8.07. The van der Waals surface area contributed by atoms with Crippen LogP contribution in [0.3, 0.4) is 0 Å². The second kappa shape index (κ2) is 7.73. The summed E-state index contributed by atoms with van der Waals surface area (Å²) < 4.78 is 0. The van der Waals surface area contributed by atoms with Gasteiger partial charge in [0.2, 0.25) is 0 Å². The Labute approximate surface area is 181 Å². The highest BCUT2D eigenvalue weighted by atomic mass is 16.3. The number of rotatable bonds is 4. The monoisotopic (exact) mass is 412 g/mol. The van der Waals surface area contributed by atoms with Gasteiger partial charge in [-0.3, -0.25) is 0 Å². The van der Waals surface area contributed by atoms with Crippen LogP contribution in [0.15, 0.2) is 84.9 Å². The lowest BCUT2D eigenvalue weighted by molar-refractivity contribution is 0.426. The maximum absolute atomic E-state index is 11.2. The lowest BCUT2D eigenvalue weighted by Gasteiger charge is -2.29. The van der Waals surface area contributed by atoms with Crippen molar-refractivity contribution in [2.45, 2.75) is 19.3 Å². The van der Waals surface area contributed by atoms with E-state index in [0.717, 1.165) is 0 Å². The quantitative estimate of drug-likeness (QED) is 0.323. The molecule has 0 bridgehead atoms. The third-order valence-electron chi connectivity index (χ3n) is 5.78. The summed E-state index contributed by atoms with van der Waals surface area (Å²) in [5.74, 6) is -0.152. The molecule has 4 aromatic rings. The summed E-state index contributed by atoms with van der Waals surface area (Å²) in [5, 5.41) is 43.2. The van der Waals surface area contributed by atoms with E-state index in [0.29, 0.717) is 33.4 Å². The molecule has 31 heavy (non-hydrogen) atoms.